The standard InChI is InChI=1S/C14H22N2O3/c1-9-12(17)15-14(2,10-5-6-10)13(18)16(9)8-11-4-3-7-19-11/h9-11H,3-8H2,1-2H3,(H,15,17). The number of carbonyl (C=O) groups is 2. The van der Waals surface area contributed by atoms with Gasteiger partial charge in [0.15, 0.2) is 0 Å². The maximum Gasteiger partial charge on any atom is 0.249 e. The molecular formula is C14H22N2O3. The Hall–Kier alpha value is -1.10. The zero-order valence-electron chi connectivity index (χ0n) is 11.6. The number of nitrogens with one attached hydrogen (secondary N) is 1. The van der Waals surface area contributed by atoms with Gasteiger partial charge in [-0.05, 0) is 45.4 Å². The van der Waals surface area contributed by atoms with Crippen molar-refractivity contribution in [3.8, 4) is 0 Å². The SMILES string of the molecule is CC1C(=O)NC(C)(C2CC2)C(=O)N1CC1CCCO1. The van der Waals surface area contributed by atoms with Crippen molar-refractivity contribution in [3.63, 3.8) is 0 Å². The van der Waals surface area contributed by atoms with Gasteiger partial charge in [-0.2, -0.15) is 0 Å². The molecule has 3 aliphatic rings. The highest BCUT2D eigenvalue weighted by Crippen LogP contribution is 2.42. The molecule has 2 heterocycles. The van der Waals surface area contributed by atoms with Crippen molar-refractivity contribution in [1.82, 2.24) is 10.2 Å². The van der Waals surface area contributed by atoms with E-state index in [0.29, 0.717) is 12.5 Å². The molecule has 0 aromatic carbocycles. The van der Waals surface area contributed by atoms with Gasteiger partial charge in [0.1, 0.15) is 11.6 Å². The number of amides is 2. The summed E-state index contributed by atoms with van der Waals surface area (Å²) in [5.74, 6) is 0.341. The van der Waals surface area contributed by atoms with Crippen LogP contribution in [-0.4, -0.2) is 47.6 Å². The quantitative estimate of drug-likeness (QED) is 0.817. The monoisotopic (exact) mass is 266 g/mol. The van der Waals surface area contributed by atoms with Crippen LogP contribution in [0.5, 0.6) is 0 Å². The molecule has 0 aromatic rings. The van der Waals surface area contributed by atoms with Crippen molar-refractivity contribution >= 4 is 11.8 Å². The summed E-state index contributed by atoms with van der Waals surface area (Å²) in [7, 11) is 0. The topological polar surface area (TPSA) is 58.6 Å². The Labute approximate surface area is 113 Å². The molecule has 0 bridgehead atoms. The molecule has 3 unspecified atom stereocenters. The summed E-state index contributed by atoms with van der Waals surface area (Å²) in [6.45, 7) is 5.00. The average molecular weight is 266 g/mol. The van der Waals surface area contributed by atoms with E-state index in [4.69, 9.17) is 4.74 Å². The van der Waals surface area contributed by atoms with Crippen molar-refractivity contribution in [3.05, 3.63) is 0 Å². The van der Waals surface area contributed by atoms with Crippen molar-refractivity contribution < 1.29 is 14.3 Å². The highest BCUT2D eigenvalue weighted by atomic mass is 16.5. The number of hydrogen-bond acceptors (Lipinski definition) is 3. The molecule has 0 aromatic heterocycles. The third kappa shape index (κ3) is 2.14. The minimum absolute atomic E-state index is 0.0352. The molecule has 106 valence electrons. The summed E-state index contributed by atoms with van der Waals surface area (Å²) in [6.07, 6.45) is 4.20. The lowest BCUT2D eigenvalue weighted by Gasteiger charge is -2.44. The fourth-order valence-electron chi connectivity index (χ4n) is 3.22. The van der Waals surface area contributed by atoms with Gasteiger partial charge in [0.25, 0.3) is 0 Å². The van der Waals surface area contributed by atoms with E-state index in [-0.39, 0.29) is 24.0 Å². The molecule has 1 saturated carbocycles. The van der Waals surface area contributed by atoms with Gasteiger partial charge in [-0.3, -0.25) is 9.59 Å². The normalized spacial score (nSPS) is 39.6. The first-order chi connectivity index (χ1) is 9.02. The van der Waals surface area contributed by atoms with Crippen LogP contribution in [0.3, 0.4) is 0 Å². The number of hydrogen-bond donors (Lipinski definition) is 1. The lowest BCUT2D eigenvalue weighted by atomic mass is 9.89. The molecule has 2 saturated heterocycles. The minimum Gasteiger partial charge on any atom is -0.376 e. The van der Waals surface area contributed by atoms with Crippen molar-refractivity contribution in [1.29, 1.82) is 0 Å². The second-order valence-electron chi connectivity index (χ2n) is 6.23. The van der Waals surface area contributed by atoms with Crippen molar-refractivity contribution in [2.45, 2.75) is 57.2 Å². The van der Waals surface area contributed by atoms with E-state index < -0.39 is 5.54 Å². The van der Waals surface area contributed by atoms with Gasteiger partial charge in [-0.1, -0.05) is 0 Å². The van der Waals surface area contributed by atoms with Crippen LogP contribution >= 0.6 is 0 Å². The molecule has 5 heteroatoms. The Balaban J connectivity index is 1.78. The van der Waals surface area contributed by atoms with E-state index in [1.54, 1.807) is 11.8 Å². The Morgan fingerprint density at radius 3 is 2.68 bits per heavy atom. The van der Waals surface area contributed by atoms with Crippen LogP contribution in [0.1, 0.15) is 39.5 Å². The van der Waals surface area contributed by atoms with Gasteiger partial charge in [0.05, 0.1) is 6.10 Å². The highest BCUT2D eigenvalue weighted by molar-refractivity contribution is 5.99. The lowest BCUT2D eigenvalue weighted by Crippen LogP contribution is -2.70. The maximum atomic E-state index is 12.7. The largest absolute Gasteiger partial charge is 0.376 e. The van der Waals surface area contributed by atoms with Gasteiger partial charge in [0.2, 0.25) is 11.8 Å². The van der Waals surface area contributed by atoms with Crippen LogP contribution in [-0.2, 0) is 14.3 Å². The average Bonchev–Trinajstić information content (AvgIpc) is 3.12. The fourth-order valence-corrected chi connectivity index (χ4v) is 3.22. The predicted octanol–water partition coefficient (Wildman–Crippen LogP) is 0.681. The van der Waals surface area contributed by atoms with Crippen LogP contribution in [0.2, 0.25) is 0 Å². The summed E-state index contributed by atoms with van der Waals surface area (Å²) in [6, 6.07) is -0.386. The predicted molar refractivity (Wildman–Crippen MR) is 69.4 cm³/mol. The third-order valence-corrected chi connectivity index (χ3v) is 4.75. The molecule has 0 radical (unpaired) electrons. The summed E-state index contributed by atoms with van der Waals surface area (Å²) < 4.78 is 5.61. The first-order valence-electron chi connectivity index (χ1n) is 7.27. The first-order valence-corrected chi connectivity index (χ1v) is 7.27. The van der Waals surface area contributed by atoms with E-state index in [2.05, 4.69) is 5.32 Å². The molecule has 19 heavy (non-hydrogen) atoms. The smallest absolute Gasteiger partial charge is 0.249 e. The zero-order valence-corrected chi connectivity index (χ0v) is 11.6. The van der Waals surface area contributed by atoms with Gasteiger partial charge in [-0.15, -0.1) is 0 Å². The highest BCUT2D eigenvalue weighted by Gasteiger charge is 2.54. The number of carbonyl (C=O) groups excluding carboxylic acids is 2. The molecule has 3 atom stereocenters. The minimum atomic E-state index is -0.692. The maximum absolute atomic E-state index is 12.7. The summed E-state index contributed by atoms with van der Waals surface area (Å²) >= 11 is 0. The molecule has 2 aliphatic heterocycles. The number of piperazine rings is 1. The van der Waals surface area contributed by atoms with Crippen LogP contribution < -0.4 is 5.32 Å². The molecular weight excluding hydrogens is 244 g/mol. The van der Waals surface area contributed by atoms with E-state index in [1.165, 1.54) is 0 Å². The van der Waals surface area contributed by atoms with Crippen molar-refractivity contribution in [2.24, 2.45) is 5.92 Å². The van der Waals surface area contributed by atoms with Gasteiger partial charge in [0, 0.05) is 13.2 Å². The van der Waals surface area contributed by atoms with Gasteiger partial charge >= 0.3 is 0 Å². The lowest BCUT2D eigenvalue weighted by molar-refractivity contribution is -0.156. The number of rotatable bonds is 3. The second kappa shape index (κ2) is 4.47. The zero-order chi connectivity index (χ0) is 13.6. The molecule has 2 amide bonds. The summed E-state index contributed by atoms with van der Waals surface area (Å²) in [5, 5.41) is 2.94. The number of ether oxygens (including phenoxy) is 1. The van der Waals surface area contributed by atoms with Crippen LogP contribution in [0.4, 0.5) is 0 Å². The van der Waals surface area contributed by atoms with Gasteiger partial charge < -0.3 is 15.0 Å². The Morgan fingerprint density at radius 2 is 2.11 bits per heavy atom. The molecule has 5 nitrogen and oxygen atoms in total. The fraction of sp³-hybridized carbons (Fsp3) is 0.857. The molecule has 1 aliphatic carbocycles. The van der Waals surface area contributed by atoms with E-state index >= 15 is 0 Å². The summed E-state index contributed by atoms with van der Waals surface area (Å²) in [5.41, 5.74) is -0.692. The van der Waals surface area contributed by atoms with Crippen molar-refractivity contribution in [2.75, 3.05) is 13.2 Å². The molecule has 1 N–H and O–H groups in total. The Kier molecular flexibility index (Phi) is 3.04. The summed E-state index contributed by atoms with van der Waals surface area (Å²) in [4.78, 5) is 26.6. The Bertz CT molecular complexity index is 401. The van der Waals surface area contributed by atoms with E-state index in [0.717, 1.165) is 32.3 Å². The van der Waals surface area contributed by atoms with Crippen LogP contribution in [0.25, 0.3) is 0 Å². The Morgan fingerprint density at radius 1 is 1.37 bits per heavy atom. The molecule has 3 fully saturated rings. The van der Waals surface area contributed by atoms with Crippen LogP contribution in [0.15, 0.2) is 0 Å². The van der Waals surface area contributed by atoms with E-state index in [1.807, 2.05) is 6.92 Å². The molecule has 0 spiro atoms. The van der Waals surface area contributed by atoms with E-state index in [9.17, 15) is 9.59 Å². The second-order valence-corrected chi connectivity index (χ2v) is 6.23. The molecule has 3 rings (SSSR count). The number of nitrogens with zero attached hydrogens (tertiary/aromatic N) is 1. The van der Waals surface area contributed by atoms with Crippen LogP contribution in [0, 0.1) is 5.92 Å². The third-order valence-electron chi connectivity index (χ3n) is 4.75. The first kappa shape index (κ1) is 12.9. The van der Waals surface area contributed by atoms with Gasteiger partial charge in [-0.25, -0.2) is 0 Å².